The van der Waals surface area contributed by atoms with Gasteiger partial charge in [-0.05, 0) is 28.9 Å². The second-order valence-corrected chi connectivity index (χ2v) is 2.13. The molecule has 0 aromatic rings. The van der Waals surface area contributed by atoms with Crippen LogP contribution in [-0.2, 0) is 0 Å². The van der Waals surface area contributed by atoms with Gasteiger partial charge in [-0.1, -0.05) is 0 Å². The fraction of sp³-hybridized carbons (Fsp3) is 0.500. The van der Waals surface area contributed by atoms with Gasteiger partial charge in [-0.15, -0.1) is 0 Å². The maximum absolute atomic E-state index is 11.7. The molecule has 0 bridgehead atoms. The molecule has 48 valence electrons. The van der Waals surface area contributed by atoms with Crippen molar-refractivity contribution in [2.75, 3.05) is 0 Å². The van der Waals surface area contributed by atoms with E-state index in [1.165, 1.54) is 6.92 Å². The molecule has 0 radical (unpaired) electrons. The smallest absolute Gasteiger partial charge is 0.204 e. The number of alkyl halides is 3. The largest absolute Gasteiger partial charge is 0.351 e. The van der Waals surface area contributed by atoms with Crippen LogP contribution in [0.5, 0.6) is 0 Å². The summed E-state index contributed by atoms with van der Waals surface area (Å²) in [6.45, 7) is 1.20. The molecule has 0 aromatic carbocycles. The molecule has 0 aliphatic rings. The predicted octanol–water partition coefficient (Wildman–Crippen LogP) is 2.85. The van der Waals surface area contributed by atoms with Crippen molar-refractivity contribution in [1.82, 2.24) is 0 Å². The highest BCUT2D eigenvalue weighted by molar-refractivity contribution is 9.10. The topological polar surface area (TPSA) is 0 Å². The molecule has 0 heterocycles. The number of hydrogen-bond acceptors (Lipinski definition) is 0. The van der Waals surface area contributed by atoms with Gasteiger partial charge in [0.1, 0.15) is 0 Å². The summed E-state index contributed by atoms with van der Waals surface area (Å²) in [5.41, 5.74) is 0. The average Bonchev–Trinajstić information content (AvgIpc) is 1.62. The first-order chi connectivity index (χ1) is 3.48. The summed E-state index contributed by atoms with van der Waals surface area (Å²) >= 11 is 1.83. The summed E-state index contributed by atoms with van der Waals surface area (Å²) in [5.74, 6) is -1.46. The van der Waals surface area contributed by atoms with Crippen molar-refractivity contribution >= 4 is 15.9 Å². The molecule has 0 N–H and O–H groups in total. The summed E-state index contributed by atoms with van der Waals surface area (Å²) in [7, 11) is 0. The van der Waals surface area contributed by atoms with Crippen molar-refractivity contribution in [1.29, 1.82) is 0 Å². The zero-order valence-electron chi connectivity index (χ0n) is 4.09. The molecule has 0 aliphatic heterocycles. The normalized spacial score (nSPS) is 14.4. The fourth-order valence-corrected chi connectivity index (χ4v) is 0.393. The lowest BCUT2D eigenvalue weighted by Gasteiger charge is -2.01. The molecule has 0 amide bonds. The molecule has 0 aromatic heterocycles. The molecule has 0 rings (SSSR count). The monoisotopic (exact) mass is 188 g/mol. The van der Waals surface area contributed by atoms with E-state index in [2.05, 4.69) is 0 Å². The quantitative estimate of drug-likeness (QED) is 0.556. The van der Waals surface area contributed by atoms with E-state index in [1.54, 1.807) is 0 Å². The first-order valence-electron chi connectivity index (χ1n) is 1.87. The molecule has 0 spiro atoms. The van der Waals surface area contributed by atoms with Gasteiger partial charge in [0, 0.05) is 0 Å². The van der Waals surface area contributed by atoms with Crippen LogP contribution in [-0.4, -0.2) is 4.83 Å². The van der Waals surface area contributed by atoms with Gasteiger partial charge in [-0.25, -0.2) is 4.39 Å². The SMILES string of the molecule is C/C=C(\F)C(F)(F)Br. The first-order valence-corrected chi connectivity index (χ1v) is 2.66. The van der Waals surface area contributed by atoms with Crippen LogP contribution in [0.25, 0.3) is 0 Å². The van der Waals surface area contributed by atoms with Gasteiger partial charge in [0.2, 0.25) is 0 Å². The van der Waals surface area contributed by atoms with Crippen LogP contribution in [0.2, 0.25) is 0 Å². The number of rotatable bonds is 1. The van der Waals surface area contributed by atoms with Crippen LogP contribution >= 0.6 is 15.9 Å². The van der Waals surface area contributed by atoms with Gasteiger partial charge in [-0.2, -0.15) is 8.78 Å². The van der Waals surface area contributed by atoms with E-state index in [1.807, 2.05) is 15.9 Å². The summed E-state index contributed by atoms with van der Waals surface area (Å²) in [4.78, 5) is -3.48. The molecule has 0 atom stereocenters. The molecule has 8 heavy (non-hydrogen) atoms. The van der Waals surface area contributed by atoms with E-state index in [9.17, 15) is 13.2 Å². The predicted molar refractivity (Wildman–Crippen MR) is 28.7 cm³/mol. The fourth-order valence-electron chi connectivity index (χ4n) is 0.164. The number of allylic oxidation sites excluding steroid dienone is 2. The Hall–Kier alpha value is 0.01000. The van der Waals surface area contributed by atoms with Crippen LogP contribution in [0.15, 0.2) is 11.9 Å². The Labute approximate surface area is 53.5 Å². The van der Waals surface area contributed by atoms with Gasteiger partial charge < -0.3 is 0 Å². The Balaban J connectivity index is 4.03. The molecule has 0 aliphatic carbocycles. The highest BCUT2D eigenvalue weighted by atomic mass is 79.9. The van der Waals surface area contributed by atoms with Crippen molar-refractivity contribution in [2.24, 2.45) is 0 Å². The molecule has 0 saturated carbocycles. The zero-order chi connectivity index (χ0) is 6.78. The Morgan fingerprint density at radius 2 is 2.00 bits per heavy atom. The van der Waals surface area contributed by atoms with Gasteiger partial charge in [0.15, 0.2) is 5.83 Å². The molecule has 0 nitrogen and oxygen atoms in total. The second-order valence-electron chi connectivity index (χ2n) is 1.13. The molecule has 0 saturated heterocycles. The number of hydrogen-bond donors (Lipinski definition) is 0. The van der Waals surface area contributed by atoms with Crippen LogP contribution in [0.1, 0.15) is 6.92 Å². The molecular weight excluding hydrogens is 185 g/mol. The third kappa shape index (κ3) is 2.35. The van der Waals surface area contributed by atoms with Crippen LogP contribution in [0.4, 0.5) is 13.2 Å². The minimum Gasteiger partial charge on any atom is -0.204 e. The highest BCUT2D eigenvalue weighted by Crippen LogP contribution is 2.31. The van der Waals surface area contributed by atoms with Gasteiger partial charge in [0.05, 0.1) is 0 Å². The van der Waals surface area contributed by atoms with Crippen LogP contribution in [0.3, 0.4) is 0 Å². The lowest BCUT2D eigenvalue weighted by Crippen LogP contribution is -2.03. The Morgan fingerprint density at radius 3 is 2.00 bits per heavy atom. The number of halogens is 4. The van der Waals surface area contributed by atoms with Crippen molar-refractivity contribution in [3.63, 3.8) is 0 Å². The Kier molecular flexibility index (Phi) is 2.53. The van der Waals surface area contributed by atoms with Crippen molar-refractivity contribution in [2.45, 2.75) is 11.8 Å². The highest BCUT2D eigenvalue weighted by Gasteiger charge is 2.29. The van der Waals surface area contributed by atoms with E-state index in [-0.39, 0.29) is 0 Å². The van der Waals surface area contributed by atoms with E-state index >= 15 is 0 Å². The van der Waals surface area contributed by atoms with E-state index in [0.29, 0.717) is 6.08 Å². The van der Waals surface area contributed by atoms with E-state index in [4.69, 9.17) is 0 Å². The lowest BCUT2D eigenvalue weighted by atomic mass is 10.5. The van der Waals surface area contributed by atoms with Crippen LogP contribution < -0.4 is 0 Å². The van der Waals surface area contributed by atoms with Gasteiger partial charge in [-0.3, -0.25) is 0 Å². The summed E-state index contributed by atoms with van der Waals surface area (Å²) in [6, 6.07) is 0. The maximum Gasteiger partial charge on any atom is 0.351 e. The second kappa shape index (κ2) is 2.53. The third-order valence-corrected chi connectivity index (χ3v) is 0.903. The van der Waals surface area contributed by atoms with E-state index in [0.717, 1.165) is 0 Å². The lowest BCUT2D eigenvalue weighted by molar-refractivity contribution is 0.127. The van der Waals surface area contributed by atoms with Gasteiger partial charge in [0.25, 0.3) is 0 Å². The van der Waals surface area contributed by atoms with Crippen molar-refractivity contribution < 1.29 is 13.2 Å². The summed E-state index contributed by atoms with van der Waals surface area (Å²) < 4.78 is 34.9. The molecule has 4 heteroatoms. The van der Waals surface area contributed by atoms with E-state index < -0.39 is 10.7 Å². The maximum atomic E-state index is 11.7. The summed E-state index contributed by atoms with van der Waals surface area (Å²) in [5, 5.41) is 0. The van der Waals surface area contributed by atoms with Gasteiger partial charge >= 0.3 is 4.83 Å². The minimum atomic E-state index is -3.48. The molecule has 0 unspecified atom stereocenters. The average molecular weight is 189 g/mol. The molecule has 0 fully saturated rings. The first kappa shape index (κ1) is 8.01. The summed E-state index contributed by atoms with van der Waals surface area (Å²) in [6.07, 6.45) is 0.703. The van der Waals surface area contributed by atoms with Crippen molar-refractivity contribution in [3.8, 4) is 0 Å². The van der Waals surface area contributed by atoms with Crippen LogP contribution in [0, 0.1) is 0 Å². The minimum absolute atomic E-state index is 0.703. The van der Waals surface area contributed by atoms with Crippen molar-refractivity contribution in [3.05, 3.63) is 11.9 Å². The Morgan fingerprint density at radius 1 is 1.62 bits per heavy atom. The Bertz CT molecular complexity index is 102. The third-order valence-electron chi connectivity index (χ3n) is 0.524. The zero-order valence-corrected chi connectivity index (χ0v) is 5.68. The standard InChI is InChI=1S/C4H4BrF3/c1-2-3(6)4(5,7)8/h2H,1H3/b3-2-. The molecular formula is C4H4BrF3.